The third kappa shape index (κ3) is 5.70. The van der Waals surface area contributed by atoms with E-state index in [1.807, 2.05) is 93.6 Å². The number of likely N-dealkylation sites (tertiary alicyclic amines) is 1. The summed E-state index contributed by atoms with van der Waals surface area (Å²) in [5.41, 5.74) is 3.92. The van der Waals surface area contributed by atoms with Crippen LogP contribution in [0.1, 0.15) is 56.2 Å². The number of benzene rings is 2. The number of hydrogen-bond donors (Lipinski definition) is 1. The van der Waals surface area contributed by atoms with Crippen molar-refractivity contribution in [2.24, 2.45) is 5.41 Å². The van der Waals surface area contributed by atoms with Crippen LogP contribution in [0.25, 0.3) is 16.5 Å². The lowest BCUT2D eigenvalue weighted by molar-refractivity contribution is -0.134. The molecule has 1 atom stereocenters. The van der Waals surface area contributed by atoms with Crippen LogP contribution in [0, 0.1) is 19.3 Å². The summed E-state index contributed by atoms with van der Waals surface area (Å²) in [6, 6.07) is 19.3. The van der Waals surface area contributed by atoms with E-state index in [1.165, 1.54) is 0 Å². The van der Waals surface area contributed by atoms with Gasteiger partial charge >= 0.3 is 0 Å². The van der Waals surface area contributed by atoms with Crippen LogP contribution in [-0.2, 0) is 21.2 Å². The maximum atomic E-state index is 14.9. The molecule has 0 radical (unpaired) electrons. The van der Waals surface area contributed by atoms with Crippen LogP contribution >= 0.6 is 0 Å². The molecule has 10 heteroatoms. The van der Waals surface area contributed by atoms with E-state index in [4.69, 9.17) is 14.2 Å². The second-order valence-electron chi connectivity index (χ2n) is 12.9. The number of nitrogens with one attached hydrogen (secondary N) is 1. The number of carbonyl (C=O) groups excluding carboxylic acids is 1. The van der Waals surface area contributed by atoms with Gasteiger partial charge in [0.2, 0.25) is 15.9 Å². The fourth-order valence-electron chi connectivity index (χ4n) is 6.33. The fourth-order valence-corrected chi connectivity index (χ4v) is 8.15. The zero-order valence-electron chi connectivity index (χ0n) is 27.0. The minimum absolute atomic E-state index is 0.0310. The summed E-state index contributed by atoms with van der Waals surface area (Å²) in [6.45, 7) is 9.96. The molecule has 1 saturated heterocycles. The van der Waals surface area contributed by atoms with Crippen LogP contribution < -0.4 is 9.46 Å². The van der Waals surface area contributed by atoms with Gasteiger partial charge in [-0.05, 0) is 62.0 Å². The van der Waals surface area contributed by atoms with Crippen molar-refractivity contribution in [1.82, 2.24) is 15.0 Å². The highest BCUT2D eigenvalue weighted by molar-refractivity contribution is 7.94. The third-order valence-electron chi connectivity index (χ3n) is 9.30. The number of hydrogen-bond acceptors (Lipinski definition) is 7. The minimum atomic E-state index is -4.25. The fraction of sp³-hybridized carbons (Fsp3) is 0.361. The Balaban J connectivity index is 1.45. The summed E-state index contributed by atoms with van der Waals surface area (Å²) in [5.74, 6) is 1.29. The summed E-state index contributed by atoms with van der Waals surface area (Å²) in [4.78, 5) is 20.1. The number of allylic oxidation sites excluding steroid dienone is 2. The average Bonchev–Trinajstić information content (AvgIpc) is 3.50. The van der Waals surface area contributed by atoms with E-state index in [1.54, 1.807) is 18.7 Å². The van der Waals surface area contributed by atoms with Crippen molar-refractivity contribution in [3.05, 3.63) is 101 Å². The lowest BCUT2D eigenvalue weighted by Gasteiger charge is -2.41. The van der Waals surface area contributed by atoms with Crippen molar-refractivity contribution >= 4 is 38.2 Å². The third-order valence-corrected chi connectivity index (χ3v) is 11.3. The molecule has 240 valence electrons. The largest absolute Gasteiger partial charge is 0.488 e. The first-order valence-electron chi connectivity index (χ1n) is 15.7. The Hall–Kier alpha value is -4.44. The molecule has 1 aliphatic carbocycles. The van der Waals surface area contributed by atoms with Gasteiger partial charge in [-0.25, -0.2) is 8.42 Å². The topological polar surface area (TPSA) is 115 Å². The van der Waals surface area contributed by atoms with Crippen LogP contribution in [0.4, 0.5) is 5.82 Å². The molecule has 1 fully saturated rings. The molecule has 3 heterocycles. The van der Waals surface area contributed by atoms with Gasteiger partial charge in [0.25, 0.3) is 0 Å². The molecule has 2 aromatic carbocycles. The minimum Gasteiger partial charge on any atom is -0.488 e. The van der Waals surface area contributed by atoms with E-state index in [0.29, 0.717) is 35.6 Å². The number of pyridine rings is 1. The monoisotopic (exact) mass is 640 g/mol. The maximum absolute atomic E-state index is 14.9. The van der Waals surface area contributed by atoms with Crippen molar-refractivity contribution in [3.63, 3.8) is 0 Å². The standard InChI is InChI=1S/C36H40N4O5S/c1-6-28-20-32(29-14-10-11-15-31(29)37-28)44-22-26-16-17-30(27-12-8-7-9-13-27)36(21-26,23-40-19-18-35(4,5)34(40)41)46(42,43)39-33-24(2)25(3)45-38-33/h7-17,20H,6,18-19,21-23H2,1-5H3,(H,38,39). The number of amides is 1. The second kappa shape index (κ2) is 12.1. The van der Waals surface area contributed by atoms with Crippen LogP contribution in [0.3, 0.4) is 0 Å². The Morgan fingerprint density at radius 1 is 1.04 bits per heavy atom. The summed E-state index contributed by atoms with van der Waals surface area (Å²) in [5, 5.41) is 4.91. The SMILES string of the molecule is CCc1cc(OCC2=CC=C(c3ccccc3)C(CN3CCC(C)(C)C3=O)(S(=O)(=O)Nc3noc(C)c3C)C2)c2ccccc2n1. The van der Waals surface area contributed by atoms with Crippen LogP contribution in [0.5, 0.6) is 5.75 Å². The molecule has 1 amide bonds. The van der Waals surface area contributed by atoms with Gasteiger partial charge in [0, 0.05) is 41.2 Å². The molecule has 1 aliphatic heterocycles. The number of fused-ring (bicyclic) bond motifs is 1. The van der Waals surface area contributed by atoms with Gasteiger partial charge in [-0.2, -0.15) is 0 Å². The number of anilines is 1. The molecule has 1 unspecified atom stereocenters. The molecule has 0 bridgehead atoms. The van der Waals surface area contributed by atoms with Gasteiger partial charge in [-0.1, -0.05) is 80.5 Å². The van der Waals surface area contributed by atoms with Crippen molar-refractivity contribution in [3.8, 4) is 5.75 Å². The number of para-hydroxylation sites is 1. The van der Waals surface area contributed by atoms with Gasteiger partial charge < -0.3 is 14.2 Å². The van der Waals surface area contributed by atoms with Crippen molar-refractivity contribution in [2.45, 2.75) is 58.6 Å². The Morgan fingerprint density at radius 2 is 1.78 bits per heavy atom. The zero-order chi connectivity index (χ0) is 32.7. The number of aromatic nitrogens is 2. The number of nitrogens with zero attached hydrogens (tertiary/aromatic N) is 3. The maximum Gasteiger partial charge on any atom is 0.246 e. The molecule has 46 heavy (non-hydrogen) atoms. The molecule has 9 nitrogen and oxygen atoms in total. The lowest BCUT2D eigenvalue weighted by Crippen LogP contribution is -2.54. The number of rotatable bonds is 10. The smallest absolute Gasteiger partial charge is 0.246 e. The Morgan fingerprint density at radius 3 is 2.46 bits per heavy atom. The Bertz CT molecular complexity index is 1960. The second-order valence-corrected chi connectivity index (χ2v) is 14.9. The predicted molar refractivity (Wildman–Crippen MR) is 180 cm³/mol. The highest BCUT2D eigenvalue weighted by Gasteiger charge is 2.53. The highest BCUT2D eigenvalue weighted by Crippen LogP contribution is 2.45. The summed E-state index contributed by atoms with van der Waals surface area (Å²) < 4.78 is 42.8. The molecule has 6 rings (SSSR count). The highest BCUT2D eigenvalue weighted by atomic mass is 32.2. The van der Waals surface area contributed by atoms with Crippen LogP contribution in [0.2, 0.25) is 0 Å². The molecular formula is C36H40N4O5S. The van der Waals surface area contributed by atoms with Gasteiger partial charge in [-0.3, -0.25) is 14.5 Å². The van der Waals surface area contributed by atoms with Crippen molar-refractivity contribution < 1.29 is 22.5 Å². The van der Waals surface area contributed by atoms with E-state index >= 15 is 0 Å². The quantitative estimate of drug-likeness (QED) is 0.207. The Kier molecular flexibility index (Phi) is 8.27. The summed E-state index contributed by atoms with van der Waals surface area (Å²) >= 11 is 0. The average molecular weight is 641 g/mol. The molecule has 4 aromatic rings. The number of carbonyl (C=O) groups is 1. The van der Waals surface area contributed by atoms with E-state index in [9.17, 15) is 13.2 Å². The number of sulfonamides is 1. The van der Waals surface area contributed by atoms with Crippen molar-refractivity contribution in [1.29, 1.82) is 0 Å². The van der Waals surface area contributed by atoms with Gasteiger partial charge in [0.05, 0.1) is 5.52 Å². The number of aryl methyl sites for hydroxylation is 2. The van der Waals surface area contributed by atoms with E-state index < -0.39 is 20.2 Å². The van der Waals surface area contributed by atoms with Gasteiger partial charge in [-0.15, -0.1) is 0 Å². The lowest BCUT2D eigenvalue weighted by atomic mass is 9.82. The summed E-state index contributed by atoms with van der Waals surface area (Å²) in [6.07, 6.45) is 5.31. The van der Waals surface area contributed by atoms with E-state index in [-0.39, 0.29) is 31.3 Å². The van der Waals surface area contributed by atoms with Gasteiger partial charge in [0.1, 0.15) is 22.9 Å². The zero-order valence-corrected chi connectivity index (χ0v) is 27.8. The molecule has 0 saturated carbocycles. The van der Waals surface area contributed by atoms with E-state index in [0.717, 1.165) is 34.2 Å². The first-order valence-corrected chi connectivity index (χ1v) is 17.1. The molecule has 1 N–H and O–H groups in total. The molecule has 0 spiro atoms. The molecular weight excluding hydrogens is 600 g/mol. The normalized spacial score (nSPS) is 19.7. The summed E-state index contributed by atoms with van der Waals surface area (Å²) in [7, 11) is -4.25. The van der Waals surface area contributed by atoms with Gasteiger partial charge in [0.15, 0.2) is 5.82 Å². The first kappa shape index (κ1) is 31.5. The van der Waals surface area contributed by atoms with Crippen LogP contribution in [0.15, 0.2) is 82.9 Å². The first-order chi connectivity index (χ1) is 21.9. The predicted octanol–water partition coefficient (Wildman–Crippen LogP) is 6.63. The van der Waals surface area contributed by atoms with E-state index in [2.05, 4.69) is 9.88 Å². The molecule has 2 aliphatic rings. The van der Waals surface area contributed by atoms with Crippen LogP contribution in [-0.4, -0.2) is 53.8 Å². The Labute approximate surface area is 270 Å². The number of ether oxygens (including phenoxy) is 1. The molecule has 2 aromatic heterocycles. The van der Waals surface area contributed by atoms with Crippen molar-refractivity contribution in [2.75, 3.05) is 24.4 Å².